The van der Waals surface area contributed by atoms with Crippen LogP contribution < -0.4 is 20.3 Å². The fraction of sp³-hybridized carbons (Fsp3) is 0.522. The zero-order valence-electron chi connectivity index (χ0n) is 18.2. The Kier molecular flexibility index (Phi) is 7.19. The number of carbonyl (C=O) groups is 1. The molecule has 4 rings (SSSR count). The lowest BCUT2D eigenvalue weighted by atomic mass is 10.0. The second-order valence-corrected chi connectivity index (χ2v) is 8.22. The van der Waals surface area contributed by atoms with Crippen LogP contribution in [0.25, 0.3) is 0 Å². The predicted octanol–water partition coefficient (Wildman–Crippen LogP) is 2.59. The molecule has 2 aromatic rings. The molecule has 3 heterocycles. The number of hydrogen-bond acceptors (Lipinski definition) is 6. The number of hydrogen-bond donors (Lipinski definition) is 2. The van der Waals surface area contributed by atoms with Gasteiger partial charge in [-0.1, -0.05) is 12.1 Å². The van der Waals surface area contributed by atoms with Gasteiger partial charge in [0.15, 0.2) is 0 Å². The van der Waals surface area contributed by atoms with E-state index in [1.807, 2.05) is 18.2 Å². The summed E-state index contributed by atoms with van der Waals surface area (Å²) in [5, 5.41) is 6.26. The van der Waals surface area contributed by atoms with Gasteiger partial charge >= 0.3 is 6.03 Å². The second kappa shape index (κ2) is 10.4. The number of nitrogens with one attached hydrogen (secondary N) is 2. The van der Waals surface area contributed by atoms with Gasteiger partial charge in [0.2, 0.25) is 5.95 Å². The Balaban J connectivity index is 1.33. The number of anilines is 1. The molecule has 2 fully saturated rings. The summed E-state index contributed by atoms with van der Waals surface area (Å²) in [7, 11) is 1.68. The van der Waals surface area contributed by atoms with Gasteiger partial charge in [0.25, 0.3) is 0 Å². The molecule has 2 aliphatic heterocycles. The molecule has 0 bridgehead atoms. The summed E-state index contributed by atoms with van der Waals surface area (Å²) in [6, 6.07) is 10.1. The fourth-order valence-electron chi connectivity index (χ4n) is 4.49. The Bertz CT molecular complexity index is 826. The minimum Gasteiger partial charge on any atom is -0.497 e. The van der Waals surface area contributed by atoms with Crippen molar-refractivity contribution in [3.8, 4) is 5.75 Å². The summed E-state index contributed by atoms with van der Waals surface area (Å²) in [5.74, 6) is 1.57. The van der Waals surface area contributed by atoms with E-state index < -0.39 is 0 Å². The van der Waals surface area contributed by atoms with Crippen LogP contribution in [0.15, 0.2) is 42.7 Å². The maximum atomic E-state index is 12.7. The van der Waals surface area contributed by atoms with E-state index in [0.29, 0.717) is 6.54 Å². The topological polar surface area (TPSA) is 82.6 Å². The Hall–Kier alpha value is -2.87. The zero-order chi connectivity index (χ0) is 21.5. The van der Waals surface area contributed by atoms with Gasteiger partial charge in [0, 0.05) is 38.1 Å². The number of piperidine rings is 1. The molecule has 2 aliphatic rings. The first-order chi connectivity index (χ1) is 15.2. The van der Waals surface area contributed by atoms with Crippen molar-refractivity contribution in [2.45, 2.75) is 37.8 Å². The summed E-state index contributed by atoms with van der Waals surface area (Å²) in [5.41, 5.74) is 1.20. The molecule has 2 unspecified atom stereocenters. The Morgan fingerprint density at radius 3 is 2.58 bits per heavy atom. The number of carbonyl (C=O) groups excluding carboxylic acids is 1. The van der Waals surface area contributed by atoms with E-state index in [4.69, 9.17) is 4.74 Å². The lowest BCUT2D eigenvalue weighted by Crippen LogP contribution is -2.51. The second-order valence-electron chi connectivity index (χ2n) is 8.22. The van der Waals surface area contributed by atoms with Gasteiger partial charge in [-0.15, -0.1) is 0 Å². The highest BCUT2D eigenvalue weighted by molar-refractivity contribution is 5.74. The zero-order valence-corrected chi connectivity index (χ0v) is 18.2. The molecule has 2 atom stereocenters. The summed E-state index contributed by atoms with van der Waals surface area (Å²) in [4.78, 5) is 26.0. The Labute approximate surface area is 184 Å². The van der Waals surface area contributed by atoms with E-state index in [0.717, 1.165) is 50.7 Å². The molecule has 166 valence electrons. The first-order valence-electron chi connectivity index (χ1n) is 11.2. The van der Waals surface area contributed by atoms with Crippen LogP contribution in [0, 0.1) is 0 Å². The highest BCUT2D eigenvalue weighted by Crippen LogP contribution is 2.26. The summed E-state index contributed by atoms with van der Waals surface area (Å²) in [6.07, 6.45) is 7.89. The molecular weight excluding hydrogens is 392 g/mol. The van der Waals surface area contributed by atoms with E-state index in [2.05, 4.69) is 42.5 Å². The Morgan fingerprint density at radius 2 is 1.87 bits per heavy atom. The van der Waals surface area contributed by atoms with Crippen LogP contribution in [0.1, 0.15) is 37.3 Å². The van der Waals surface area contributed by atoms with Crippen LogP contribution in [0.2, 0.25) is 0 Å². The molecule has 8 heteroatoms. The third-order valence-electron chi connectivity index (χ3n) is 6.13. The highest BCUT2D eigenvalue weighted by atomic mass is 16.5. The van der Waals surface area contributed by atoms with Crippen molar-refractivity contribution in [2.24, 2.45) is 0 Å². The average Bonchev–Trinajstić information content (AvgIpc) is 3.35. The average molecular weight is 425 g/mol. The molecule has 31 heavy (non-hydrogen) atoms. The van der Waals surface area contributed by atoms with Gasteiger partial charge in [0.1, 0.15) is 5.75 Å². The van der Waals surface area contributed by atoms with Gasteiger partial charge in [-0.3, -0.25) is 4.90 Å². The molecule has 8 nitrogen and oxygen atoms in total. The maximum Gasteiger partial charge on any atom is 0.315 e. The summed E-state index contributed by atoms with van der Waals surface area (Å²) in [6.45, 7) is 4.35. The van der Waals surface area contributed by atoms with Crippen LogP contribution in [-0.2, 0) is 0 Å². The Morgan fingerprint density at radius 1 is 1.13 bits per heavy atom. The predicted molar refractivity (Wildman–Crippen MR) is 120 cm³/mol. The molecule has 0 aliphatic carbocycles. The number of ether oxygens (including phenoxy) is 1. The molecular formula is C23H32N6O2. The third-order valence-corrected chi connectivity index (χ3v) is 6.13. The van der Waals surface area contributed by atoms with Crippen molar-refractivity contribution < 1.29 is 9.53 Å². The van der Waals surface area contributed by atoms with Crippen molar-refractivity contribution in [1.82, 2.24) is 25.5 Å². The van der Waals surface area contributed by atoms with Crippen molar-refractivity contribution in [1.29, 1.82) is 0 Å². The minimum atomic E-state index is -0.112. The van der Waals surface area contributed by atoms with Gasteiger partial charge in [-0.25, -0.2) is 14.8 Å². The first-order valence-corrected chi connectivity index (χ1v) is 11.2. The molecule has 1 aromatic carbocycles. The number of benzene rings is 1. The number of rotatable bonds is 7. The number of urea groups is 1. The minimum absolute atomic E-state index is 0.0868. The largest absolute Gasteiger partial charge is 0.497 e. The molecule has 0 spiro atoms. The van der Waals surface area contributed by atoms with Gasteiger partial charge in [-0.2, -0.15) is 0 Å². The monoisotopic (exact) mass is 424 g/mol. The lowest BCUT2D eigenvalue weighted by Gasteiger charge is -2.33. The van der Waals surface area contributed by atoms with Crippen molar-refractivity contribution in [3.05, 3.63) is 48.3 Å². The smallest absolute Gasteiger partial charge is 0.315 e. The van der Waals surface area contributed by atoms with Crippen LogP contribution in [-0.4, -0.2) is 66.8 Å². The lowest BCUT2D eigenvalue weighted by molar-refractivity contribution is 0.217. The van der Waals surface area contributed by atoms with Crippen molar-refractivity contribution in [2.75, 3.05) is 44.7 Å². The molecule has 2 amide bonds. The number of likely N-dealkylation sites (tertiary alicyclic amines) is 1. The molecule has 1 aromatic heterocycles. The van der Waals surface area contributed by atoms with Crippen molar-refractivity contribution in [3.63, 3.8) is 0 Å². The quantitative estimate of drug-likeness (QED) is 0.711. The van der Waals surface area contributed by atoms with E-state index in [-0.39, 0.29) is 18.1 Å². The SMILES string of the molecule is COc1ccc(C(CNC(=O)NC2CCCN(c3ncccn3)C2)N2CCCC2)cc1. The number of aromatic nitrogens is 2. The van der Waals surface area contributed by atoms with Gasteiger partial charge in [0.05, 0.1) is 13.2 Å². The third kappa shape index (κ3) is 5.64. The summed E-state index contributed by atoms with van der Waals surface area (Å²) >= 11 is 0. The molecule has 0 saturated carbocycles. The first kappa shape index (κ1) is 21.4. The van der Waals surface area contributed by atoms with Crippen LogP contribution >= 0.6 is 0 Å². The van der Waals surface area contributed by atoms with Crippen molar-refractivity contribution >= 4 is 12.0 Å². The molecule has 2 N–H and O–H groups in total. The van der Waals surface area contributed by atoms with Crippen LogP contribution in [0.5, 0.6) is 5.75 Å². The number of amides is 2. The van der Waals surface area contributed by atoms with E-state index in [9.17, 15) is 4.79 Å². The maximum absolute atomic E-state index is 12.7. The number of nitrogens with zero attached hydrogens (tertiary/aromatic N) is 4. The van der Waals surface area contributed by atoms with E-state index in [1.54, 1.807) is 19.5 Å². The molecule has 2 saturated heterocycles. The molecule has 0 radical (unpaired) electrons. The normalized spacial score (nSPS) is 20.3. The van der Waals surface area contributed by atoms with Gasteiger partial charge < -0.3 is 20.3 Å². The van der Waals surface area contributed by atoms with Crippen LogP contribution in [0.3, 0.4) is 0 Å². The van der Waals surface area contributed by atoms with Crippen LogP contribution in [0.4, 0.5) is 10.7 Å². The van der Waals surface area contributed by atoms with E-state index >= 15 is 0 Å². The van der Waals surface area contributed by atoms with Gasteiger partial charge in [-0.05, 0) is 62.5 Å². The number of methoxy groups -OCH3 is 1. The summed E-state index contributed by atoms with van der Waals surface area (Å²) < 4.78 is 5.29. The van der Waals surface area contributed by atoms with E-state index in [1.165, 1.54) is 18.4 Å². The fourth-order valence-corrected chi connectivity index (χ4v) is 4.49. The highest BCUT2D eigenvalue weighted by Gasteiger charge is 2.26. The standard InChI is InChI=1S/C23H32N6O2/c1-31-20-9-7-18(8-10-20)21(28-13-2-3-14-28)16-26-23(30)27-19-6-4-15-29(17-19)22-24-11-5-12-25-22/h5,7-12,19,21H,2-4,6,13-17H2,1H3,(H2,26,27,30).